The van der Waals surface area contributed by atoms with Crippen LogP contribution in [0.3, 0.4) is 0 Å². The zero-order chi connectivity index (χ0) is 31.9. The Balaban J connectivity index is 2.03. The molecule has 0 radical (unpaired) electrons. The molecule has 5 nitrogen and oxygen atoms in total. The zero-order valence-electron chi connectivity index (χ0n) is 25.9. The van der Waals surface area contributed by atoms with Crippen LogP contribution in [0, 0.1) is 0 Å². The van der Waals surface area contributed by atoms with Gasteiger partial charge in [0.2, 0.25) is 0 Å². The van der Waals surface area contributed by atoms with Crippen molar-refractivity contribution in [2.75, 3.05) is 30.1 Å². The maximum Gasteiger partial charge on any atom is 0.333 e. The SMILES string of the molecule is C=C/C=C(\C=C)N(c1ccc(N(/C(C=C)=C/C=C)c2cccc(CCOC(=O)C(=C)C)c2)cc1)c1cccc(CCOC)c1. The van der Waals surface area contributed by atoms with E-state index in [0.29, 0.717) is 18.6 Å². The highest BCUT2D eigenvalue weighted by molar-refractivity contribution is 5.87. The Labute approximate surface area is 262 Å². The van der Waals surface area contributed by atoms with E-state index in [1.165, 1.54) is 5.56 Å². The van der Waals surface area contributed by atoms with Crippen molar-refractivity contribution in [3.8, 4) is 0 Å². The van der Waals surface area contributed by atoms with Gasteiger partial charge in [-0.05, 0) is 97.3 Å². The van der Waals surface area contributed by atoms with Crippen molar-refractivity contribution in [1.29, 1.82) is 0 Å². The molecule has 0 aliphatic carbocycles. The Hall–Kier alpha value is -5.13. The van der Waals surface area contributed by atoms with Gasteiger partial charge < -0.3 is 19.3 Å². The van der Waals surface area contributed by atoms with Crippen LogP contribution in [0.4, 0.5) is 22.7 Å². The summed E-state index contributed by atoms with van der Waals surface area (Å²) in [4.78, 5) is 16.1. The van der Waals surface area contributed by atoms with E-state index >= 15 is 0 Å². The molecule has 3 aromatic carbocycles. The number of rotatable bonds is 17. The van der Waals surface area contributed by atoms with Gasteiger partial charge in [-0.2, -0.15) is 0 Å². The van der Waals surface area contributed by atoms with Gasteiger partial charge >= 0.3 is 5.97 Å². The Kier molecular flexibility index (Phi) is 13.0. The molecular weight excluding hydrogens is 544 g/mol. The minimum Gasteiger partial charge on any atom is -0.462 e. The predicted molar refractivity (Wildman–Crippen MR) is 186 cm³/mol. The van der Waals surface area contributed by atoms with Gasteiger partial charge in [-0.25, -0.2) is 4.79 Å². The monoisotopic (exact) mass is 586 g/mol. The largest absolute Gasteiger partial charge is 0.462 e. The van der Waals surface area contributed by atoms with Crippen molar-refractivity contribution >= 4 is 28.7 Å². The van der Waals surface area contributed by atoms with Crippen molar-refractivity contribution in [3.05, 3.63) is 170 Å². The Morgan fingerprint density at radius 2 is 1.16 bits per heavy atom. The number of hydrogen-bond donors (Lipinski definition) is 0. The third-order valence-corrected chi connectivity index (χ3v) is 6.78. The van der Waals surface area contributed by atoms with Gasteiger partial charge in [0.25, 0.3) is 0 Å². The van der Waals surface area contributed by atoms with Gasteiger partial charge in [-0.15, -0.1) is 0 Å². The number of anilines is 4. The highest BCUT2D eigenvalue weighted by Gasteiger charge is 2.17. The van der Waals surface area contributed by atoms with Gasteiger partial charge in [0.15, 0.2) is 0 Å². The molecule has 0 N–H and O–H groups in total. The fourth-order valence-corrected chi connectivity index (χ4v) is 4.66. The smallest absolute Gasteiger partial charge is 0.333 e. The molecule has 0 aliphatic rings. The number of allylic oxidation sites excluding steroid dienone is 6. The third kappa shape index (κ3) is 8.93. The van der Waals surface area contributed by atoms with Crippen LogP contribution in [0.25, 0.3) is 0 Å². The van der Waals surface area contributed by atoms with Gasteiger partial charge in [0, 0.05) is 53.2 Å². The van der Waals surface area contributed by atoms with Crippen LogP contribution in [-0.2, 0) is 27.1 Å². The lowest BCUT2D eigenvalue weighted by Gasteiger charge is -2.29. The maximum atomic E-state index is 11.8. The summed E-state index contributed by atoms with van der Waals surface area (Å²) >= 11 is 0. The third-order valence-electron chi connectivity index (χ3n) is 6.78. The molecule has 5 heteroatoms. The molecule has 0 saturated carbocycles. The van der Waals surface area contributed by atoms with Crippen LogP contribution < -0.4 is 9.80 Å². The standard InChI is InChI=1S/C39H42N2O3/c1-8-14-33(10-3)40(37-18-12-16-31(28-37)24-26-43-7)35-20-22-36(23-21-35)41(34(11-4)15-9-2)38-19-13-17-32(29-38)25-27-44-39(42)30(5)6/h8-23,28-29H,1-5,24-27H2,6-7H3/b33-14+,34-15+. The maximum absolute atomic E-state index is 11.8. The van der Waals surface area contributed by atoms with Crippen molar-refractivity contribution in [1.82, 2.24) is 0 Å². The summed E-state index contributed by atoms with van der Waals surface area (Å²) in [7, 11) is 1.71. The Bertz CT molecular complexity index is 1550. The number of carbonyl (C=O) groups excluding carboxylic acids is 1. The van der Waals surface area contributed by atoms with Crippen molar-refractivity contribution in [2.45, 2.75) is 19.8 Å². The number of hydrogen-bond acceptors (Lipinski definition) is 5. The number of ether oxygens (including phenoxy) is 2. The van der Waals surface area contributed by atoms with Crippen molar-refractivity contribution < 1.29 is 14.3 Å². The second-order valence-electron chi connectivity index (χ2n) is 10.00. The number of esters is 1. The van der Waals surface area contributed by atoms with Crippen LogP contribution in [0.15, 0.2) is 159 Å². The Morgan fingerprint density at radius 3 is 1.55 bits per heavy atom. The average molecular weight is 587 g/mol. The predicted octanol–water partition coefficient (Wildman–Crippen LogP) is 9.33. The first-order valence-corrected chi connectivity index (χ1v) is 14.5. The topological polar surface area (TPSA) is 42.0 Å². The summed E-state index contributed by atoms with van der Waals surface area (Å²) in [6, 6.07) is 24.9. The lowest BCUT2D eigenvalue weighted by Crippen LogP contribution is -2.17. The van der Waals surface area contributed by atoms with Crippen LogP contribution in [-0.4, -0.2) is 26.3 Å². The van der Waals surface area contributed by atoms with E-state index in [0.717, 1.165) is 46.1 Å². The van der Waals surface area contributed by atoms with E-state index in [4.69, 9.17) is 9.47 Å². The van der Waals surface area contributed by atoms with Gasteiger partial charge in [0.1, 0.15) is 0 Å². The quantitative estimate of drug-likeness (QED) is 0.0896. The van der Waals surface area contributed by atoms with E-state index in [1.807, 2.05) is 36.4 Å². The number of nitrogens with zero attached hydrogens (tertiary/aromatic N) is 2. The summed E-state index contributed by atoms with van der Waals surface area (Å²) in [5.41, 5.74) is 8.21. The summed E-state index contributed by atoms with van der Waals surface area (Å²) in [5.74, 6) is -0.385. The molecule has 0 bridgehead atoms. The molecule has 3 aromatic rings. The first-order chi connectivity index (χ1) is 21.4. The Morgan fingerprint density at radius 1 is 0.705 bits per heavy atom. The highest BCUT2D eigenvalue weighted by Crippen LogP contribution is 2.36. The molecule has 0 unspecified atom stereocenters. The number of carbonyl (C=O) groups is 1. The second kappa shape index (κ2) is 17.1. The molecular formula is C39H42N2O3. The fraction of sp³-hybridized carbons (Fsp3) is 0.154. The van der Waals surface area contributed by atoms with Gasteiger partial charge in [-0.1, -0.05) is 69.3 Å². The molecule has 0 saturated heterocycles. The van der Waals surface area contributed by atoms with Crippen LogP contribution >= 0.6 is 0 Å². The summed E-state index contributed by atoms with van der Waals surface area (Å²) in [6.45, 7) is 22.1. The van der Waals surface area contributed by atoms with Crippen LogP contribution in [0.1, 0.15) is 18.1 Å². The van der Waals surface area contributed by atoms with E-state index < -0.39 is 0 Å². The second-order valence-corrected chi connectivity index (χ2v) is 10.00. The minimum atomic E-state index is -0.385. The first-order valence-electron chi connectivity index (χ1n) is 14.5. The van der Waals surface area contributed by atoms with E-state index in [-0.39, 0.29) is 12.6 Å². The lowest BCUT2D eigenvalue weighted by molar-refractivity contribution is -0.138. The fourth-order valence-electron chi connectivity index (χ4n) is 4.66. The molecule has 0 atom stereocenters. The molecule has 0 aromatic heterocycles. The molecule has 226 valence electrons. The number of methoxy groups -OCH3 is 1. The molecule has 0 aliphatic heterocycles. The summed E-state index contributed by atoms with van der Waals surface area (Å²) in [6.07, 6.45) is 12.4. The van der Waals surface area contributed by atoms with Crippen LogP contribution in [0.2, 0.25) is 0 Å². The molecule has 0 spiro atoms. The normalized spacial score (nSPS) is 11.3. The molecule has 44 heavy (non-hydrogen) atoms. The van der Waals surface area contributed by atoms with Crippen molar-refractivity contribution in [2.24, 2.45) is 0 Å². The first kappa shape index (κ1) is 33.4. The number of benzene rings is 3. The summed E-state index contributed by atoms with van der Waals surface area (Å²) in [5, 5.41) is 0. The average Bonchev–Trinajstić information content (AvgIpc) is 3.04. The zero-order valence-corrected chi connectivity index (χ0v) is 25.9. The highest BCUT2D eigenvalue weighted by atomic mass is 16.5. The summed E-state index contributed by atoms with van der Waals surface area (Å²) < 4.78 is 10.6. The van der Waals surface area contributed by atoms with Gasteiger partial charge in [0.05, 0.1) is 13.2 Å². The molecule has 0 heterocycles. The molecule has 3 rings (SSSR count). The van der Waals surface area contributed by atoms with Crippen molar-refractivity contribution in [3.63, 3.8) is 0 Å². The molecule has 0 amide bonds. The van der Waals surface area contributed by atoms with E-state index in [2.05, 4.69) is 97.3 Å². The van der Waals surface area contributed by atoms with E-state index in [1.54, 1.807) is 32.3 Å². The minimum absolute atomic E-state index is 0.271. The molecule has 0 fully saturated rings. The van der Waals surface area contributed by atoms with Crippen LogP contribution in [0.5, 0.6) is 0 Å². The van der Waals surface area contributed by atoms with Gasteiger partial charge in [-0.3, -0.25) is 0 Å². The van der Waals surface area contributed by atoms with E-state index in [9.17, 15) is 4.79 Å². The lowest BCUT2D eigenvalue weighted by atomic mass is 10.1.